The number of hydrogen-bond acceptors (Lipinski definition) is 5. The van der Waals surface area contributed by atoms with Gasteiger partial charge in [0.15, 0.2) is 10.2 Å². The summed E-state index contributed by atoms with van der Waals surface area (Å²) in [6.07, 6.45) is 4.12. The number of aromatic nitrogens is 1. The summed E-state index contributed by atoms with van der Waals surface area (Å²) in [6.45, 7) is 0. The van der Waals surface area contributed by atoms with Gasteiger partial charge in [0.25, 0.3) is 0 Å². The number of nitrogens with one attached hydrogen (secondary N) is 2. The lowest BCUT2D eigenvalue weighted by Crippen LogP contribution is -2.40. The van der Waals surface area contributed by atoms with E-state index in [1.54, 1.807) is 6.20 Å². The first-order chi connectivity index (χ1) is 9.58. The lowest BCUT2D eigenvalue weighted by molar-refractivity contribution is -0.142. The third-order valence-corrected chi connectivity index (χ3v) is 4.19. The Balaban J connectivity index is 1.76. The van der Waals surface area contributed by atoms with E-state index in [9.17, 15) is 9.59 Å². The van der Waals surface area contributed by atoms with Gasteiger partial charge in [-0.25, -0.2) is 9.78 Å². The minimum atomic E-state index is -0.747. The predicted octanol–water partition coefficient (Wildman–Crippen LogP) is 1.92. The lowest BCUT2D eigenvalue weighted by atomic mass is 9.86. The zero-order valence-electron chi connectivity index (χ0n) is 11.1. The Morgan fingerprint density at radius 2 is 2.10 bits per heavy atom. The van der Waals surface area contributed by atoms with Crippen LogP contribution in [0.25, 0.3) is 0 Å². The summed E-state index contributed by atoms with van der Waals surface area (Å²) in [6, 6.07) is -0.298. The smallest absolute Gasteiger partial charge is 0.321 e. The second kappa shape index (κ2) is 6.56. The summed E-state index contributed by atoms with van der Waals surface area (Å²) in [5.74, 6) is -1.03. The Labute approximate surface area is 120 Å². The Bertz CT molecular complexity index is 483. The number of carbonyl (C=O) groups excluding carboxylic acids is 1. The summed E-state index contributed by atoms with van der Waals surface area (Å²) in [4.78, 5) is 26.6. The average Bonchev–Trinajstić information content (AvgIpc) is 2.86. The van der Waals surface area contributed by atoms with Gasteiger partial charge in [-0.1, -0.05) is 11.3 Å². The molecule has 0 atom stereocenters. The minimum Gasteiger partial charge on any atom is -0.486 e. The van der Waals surface area contributed by atoms with Crippen molar-refractivity contribution in [3.63, 3.8) is 0 Å². The first kappa shape index (κ1) is 14.6. The maximum Gasteiger partial charge on any atom is 0.321 e. The van der Waals surface area contributed by atoms with Gasteiger partial charge in [-0.15, -0.1) is 0 Å². The first-order valence-electron chi connectivity index (χ1n) is 6.38. The summed E-state index contributed by atoms with van der Waals surface area (Å²) in [7, 11) is 1.54. The summed E-state index contributed by atoms with van der Waals surface area (Å²) < 4.78 is 4.99. The fourth-order valence-corrected chi connectivity index (χ4v) is 2.84. The number of hydrogen-bond donors (Lipinski definition) is 3. The van der Waals surface area contributed by atoms with Gasteiger partial charge < -0.3 is 15.2 Å². The number of methoxy groups -OCH3 is 1. The molecule has 0 spiro atoms. The van der Waals surface area contributed by atoms with Crippen LogP contribution in [0, 0.1) is 5.92 Å². The van der Waals surface area contributed by atoms with Gasteiger partial charge in [-0.2, -0.15) is 0 Å². The van der Waals surface area contributed by atoms with Crippen LogP contribution < -0.4 is 15.4 Å². The van der Waals surface area contributed by atoms with Crippen molar-refractivity contribution < 1.29 is 19.4 Å². The molecule has 20 heavy (non-hydrogen) atoms. The van der Waals surface area contributed by atoms with Crippen LogP contribution in [-0.2, 0) is 4.79 Å². The van der Waals surface area contributed by atoms with Crippen molar-refractivity contribution >= 4 is 28.5 Å². The van der Waals surface area contributed by atoms with E-state index in [4.69, 9.17) is 9.84 Å². The molecule has 1 fully saturated rings. The van der Waals surface area contributed by atoms with Gasteiger partial charge in [0.2, 0.25) is 0 Å². The predicted molar refractivity (Wildman–Crippen MR) is 74.2 cm³/mol. The number of urea groups is 1. The van der Waals surface area contributed by atoms with E-state index in [-0.39, 0.29) is 18.0 Å². The molecule has 0 aliphatic heterocycles. The number of carboxylic acids is 1. The van der Waals surface area contributed by atoms with Crippen molar-refractivity contribution in [1.82, 2.24) is 10.3 Å². The Hall–Kier alpha value is -1.83. The molecule has 1 aromatic rings. The van der Waals surface area contributed by atoms with E-state index in [0.717, 1.165) is 0 Å². The van der Waals surface area contributed by atoms with E-state index >= 15 is 0 Å². The first-order valence-corrected chi connectivity index (χ1v) is 7.20. The molecule has 2 amide bonds. The van der Waals surface area contributed by atoms with Crippen molar-refractivity contribution in [2.45, 2.75) is 31.7 Å². The molecule has 1 saturated carbocycles. The number of anilines is 1. The van der Waals surface area contributed by atoms with Crippen LogP contribution in [0.5, 0.6) is 5.06 Å². The molecule has 2 rings (SSSR count). The SMILES string of the molecule is COc1cnc(NC(=O)NC2CCC(C(=O)O)CC2)s1. The van der Waals surface area contributed by atoms with Crippen LogP contribution in [0.15, 0.2) is 6.20 Å². The van der Waals surface area contributed by atoms with E-state index in [0.29, 0.717) is 35.9 Å². The molecule has 0 saturated heterocycles. The maximum absolute atomic E-state index is 11.8. The highest BCUT2D eigenvalue weighted by atomic mass is 32.1. The quantitative estimate of drug-likeness (QED) is 0.788. The number of thiazole rings is 1. The standard InChI is InChI=1S/C12H17N3O4S/c1-19-9-6-13-12(20-9)15-11(18)14-8-4-2-7(3-5-8)10(16)17/h6-8H,2-5H2,1H3,(H,16,17)(H2,13,14,15,18). The van der Waals surface area contributed by atoms with Crippen LogP contribution in [0.3, 0.4) is 0 Å². The maximum atomic E-state index is 11.8. The van der Waals surface area contributed by atoms with Gasteiger partial charge >= 0.3 is 12.0 Å². The topological polar surface area (TPSA) is 101 Å². The third kappa shape index (κ3) is 3.83. The minimum absolute atomic E-state index is 0.0208. The van der Waals surface area contributed by atoms with E-state index in [2.05, 4.69) is 15.6 Å². The highest BCUT2D eigenvalue weighted by molar-refractivity contribution is 7.17. The number of amides is 2. The van der Waals surface area contributed by atoms with Crippen molar-refractivity contribution in [3.8, 4) is 5.06 Å². The van der Waals surface area contributed by atoms with Gasteiger partial charge in [0.1, 0.15) is 0 Å². The molecular formula is C12H17N3O4S. The second-order valence-corrected chi connectivity index (χ2v) is 5.67. The van der Waals surface area contributed by atoms with Gasteiger partial charge in [-0.3, -0.25) is 10.1 Å². The van der Waals surface area contributed by atoms with Crippen molar-refractivity contribution in [1.29, 1.82) is 0 Å². The van der Waals surface area contributed by atoms with Crippen LogP contribution >= 0.6 is 11.3 Å². The van der Waals surface area contributed by atoms with Crippen molar-refractivity contribution in [2.75, 3.05) is 12.4 Å². The summed E-state index contributed by atoms with van der Waals surface area (Å²) in [5, 5.41) is 15.5. The number of aliphatic carboxylic acids is 1. The largest absolute Gasteiger partial charge is 0.486 e. The molecule has 0 aromatic carbocycles. The molecule has 0 radical (unpaired) electrons. The van der Waals surface area contributed by atoms with E-state index < -0.39 is 5.97 Å². The number of carboxylic acid groups (broad SMARTS) is 1. The molecule has 1 aliphatic rings. The molecule has 7 nitrogen and oxygen atoms in total. The summed E-state index contributed by atoms with van der Waals surface area (Å²) >= 11 is 1.24. The summed E-state index contributed by atoms with van der Waals surface area (Å²) in [5.41, 5.74) is 0. The Morgan fingerprint density at radius 1 is 1.40 bits per heavy atom. The second-order valence-electron chi connectivity index (χ2n) is 4.67. The fourth-order valence-electron chi connectivity index (χ4n) is 2.21. The molecule has 0 unspecified atom stereocenters. The Morgan fingerprint density at radius 3 is 2.65 bits per heavy atom. The van der Waals surface area contributed by atoms with E-state index in [1.165, 1.54) is 18.4 Å². The molecule has 8 heteroatoms. The van der Waals surface area contributed by atoms with Crippen LogP contribution in [-0.4, -0.2) is 35.2 Å². The van der Waals surface area contributed by atoms with Crippen molar-refractivity contribution in [2.24, 2.45) is 5.92 Å². The lowest BCUT2D eigenvalue weighted by Gasteiger charge is -2.26. The Kier molecular flexibility index (Phi) is 4.78. The highest BCUT2D eigenvalue weighted by Gasteiger charge is 2.26. The average molecular weight is 299 g/mol. The number of nitrogens with zero attached hydrogens (tertiary/aromatic N) is 1. The molecule has 3 N–H and O–H groups in total. The normalized spacial score (nSPS) is 22.1. The zero-order valence-corrected chi connectivity index (χ0v) is 11.9. The molecule has 0 bridgehead atoms. The number of carbonyl (C=O) groups is 2. The fraction of sp³-hybridized carbons (Fsp3) is 0.583. The van der Waals surface area contributed by atoms with E-state index in [1.807, 2.05) is 0 Å². The molecule has 1 heterocycles. The van der Waals surface area contributed by atoms with Crippen LogP contribution in [0.1, 0.15) is 25.7 Å². The number of rotatable bonds is 4. The molecule has 1 aliphatic carbocycles. The van der Waals surface area contributed by atoms with Gasteiger partial charge in [-0.05, 0) is 25.7 Å². The zero-order chi connectivity index (χ0) is 14.5. The van der Waals surface area contributed by atoms with Gasteiger partial charge in [0, 0.05) is 6.04 Å². The molecule has 1 aromatic heterocycles. The van der Waals surface area contributed by atoms with Crippen LogP contribution in [0.4, 0.5) is 9.93 Å². The third-order valence-electron chi connectivity index (χ3n) is 3.32. The van der Waals surface area contributed by atoms with Crippen LogP contribution in [0.2, 0.25) is 0 Å². The van der Waals surface area contributed by atoms with Gasteiger partial charge in [0.05, 0.1) is 19.2 Å². The highest BCUT2D eigenvalue weighted by Crippen LogP contribution is 2.26. The monoisotopic (exact) mass is 299 g/mol. The van der Waals surface area contributed by atoms with Crippen molar-refractivity contribution in [3.05, 3.63) is 6.20 Å². The molecule has 110 valence electrons. The number of ether oxygens (including phenoxy) is 1. The molecular weight excluding hydrogens is 282 g/mol.